The number of nitrogens with two attached hydrogens (primary N) is 1. The van der Waals surface area contributed by atoms with Crippen LogP contribution in [0.2, 0.25) is 0 Å². The van der Waals surface area contributed by atoms with Crippen molar-refractivity contribution in [3.8, 4) is 0 Å². The summed E-state index contributed by atoms with van der Waals surface area (Å²) in [5, 5.41) is 2.57. The molecule has 1 fully saturated rings. The van der Waals surface area contributed by atoms with Crippen molar-refractivity contribution in [2.24, 2.45) is 0 Å². The Labute approximate surface area is 127 Å². The lowest BCUT2D eigenvalue weighted by atomic mass is 10.3. The van der Waals surface area contributed by atoms with Crippen LogP contribution in [-0.4, -0.2) is 26.9 Å². The molecule has 1 unspecified atom stereocenters. The van der Waals surface area contributed by atoms with Gasteiger partial charge in [-0.1, -0.05) is 0 Å². The minimum absolute atomic E-state index is 0.0704. The Kier molecular flexibility index (Phi) is 4.19. The highest BCUT2D eigenvalue weighted by atomic mass is 79.9. The number of rotatable bonds is 3. The van der Waals surface area contributed by atoms with Crippen LogP contribution in [0.4, 0.5) is 5.69 Å². The Hall–Kier alpha value is -0.640. The van der Waals surface area contributed by atoms with E-state index in [0.717, 1.165) is 0 Å². The number of anilines is 1. The molecular formula is C10H11Br2N3O3S. The third-order valence-corrected chi connectivity index (χ3v) is 5.99. The number of amides is 1. The summed E-state index contributed by atoms with van der Waals surface area (Å²) in [6, 6.07) is 2.59. The second-order valence-electron chi connectivity index (χ2n) is 4.14. The molecule has 0 radical (unpaired) electrons. The van der Waals surface area contributed by atoms with E-state index in [-0.39, 0.29) is 17.2 Å². The van der Waals surface area contributed by atoms with Crippen LogP contribution in [0.5, 0.6) is 0 Å². The quantitative estimate of drug-likeness (QED) is 0.643. The van der Waals surface area contributed by atoms with Crippen molar-refractivity contribution < 1.29 is 13.2 Å². The van der Waals surface area contributed by atoms with Crippen LogP contribution in [0.25, 0.3) is 0 Å². The summed E-state index contributed by atoms with van der Waals surface area (Å²) in [5.74, 6) is -0.164. The van der Waals surface area contributed by atoms with Crippen LogP contribution >= 0.6 is 31.9 Å². The highest BCUT2D eigenvalue weighted by molar-refractivity contribution is 9.11. The number of sulfonamides is 1. The van der Waals surface area contributed by atoms with Gasteiger partial charge in [-0.05, 0) is 44.0 Å². The molecule has 0 spiro atoms. The van der Waals surface area contributed by atoms with Gasteiger partial charge in [0.1, 0.15) is 4.90 Å². The molecule has 0 aromatic heterocycles. The average Bonchev–Trinajstić information content (AvgIpc) is 2.60. The number of nitrogen functional groups attached to an aromatic ring is 1. The zero-order valence-electron chi connectivity index (χ0n) is 9.61. The first-order valence-corrected chi connectivity index (χ1v) is 8.40. The summed E-state index contributed by atoms with van der Waals surface area (Å²) in [6.45, 7) is 0.294. The van der Waals surface area contributed by atoms with Gasteiger partial charge in [-0.25, -0.2) is 13.1 Å². The summed E-state index contributed by atoms with van der Waals surface area (Å²) >= 11 is 6.37. The molecule has 1 heterocycles. The second-order valence-corrected chi connectivity index (χ2v) is 7.50. The van der Waals surface area contributed by atoms with Gasteiger partial charge in [0.25, 0.3) is 0 Å². The summed E-state index contributed by atoms with van der Waals surface area (Å²) in [7, 11) is -3.74. The first-order valence-electron chi connectivity index (χ1n) is 5.33. The van der Waals surface area contributed by atoms with E-state index in [2.05, 4.69) is 41.9 Å². The molecule has 4 N–H and O–H groups in total. The average molecular weight is 413 g/mol. The SMILES string of the molecule is Nc1cc(Br)c(S(=O)(=O)NC2CNC(=O)C2)c(Br)c1. The minimum Gasteiger partial charge on any atom is -0.399 e. The van der Waals surface area contributed by atoms with E-state index in [9.17, 15) is 13.2 Å². The predicted octanol–water partition coefficient (Wildman–Crippen LogP) is 0.961. The Bertz CT molecular complexity index is 610. The molecule has 1 aliphatic rings. The Balaban J connectivity index is 2.32. The summed E-state index contributed by atoms with van der Waals surface area (Å²) in [5.41, 5.74) is 6.06. The van der Waals surface area contributed by atoms with E-state index in [4.69, 9.17) is 5.73 Å². The molecule has 6 nitrogen and oxygen atoms in total. The van der Waals surface area contributed by atoms with Crippen molar-refractivity contribution >= 4 is 53.5 Å². The molecule has 2 rings (SSSR count). The summed E-state index contributed by atoms with van der Waals surface area (Å²) in [6.07, 6.45) is 0.142. The van der Waals surface area contributed by atoms with E-state index in [0.29, 0.717) is 21.2 Å². The maximum atomic E-state index is 12.3. The van der Waals surface area contributed by atoms with E-state index in [1.807, 2.05) is 0 Å². The monoisotopic (exact) mass is 411 g/mol. The van der Waals surface area contributed by atoms with Crippen LogP contribution in [0.15, 0.2) is 26.0 Å². The van der Waals surface area contributed by atoms with Gasteiger partial charge in [0.05, 0.1) is 0 Å². The van der Waals surface area contributed by atoms with Gasteiger partial charge in [0.15, 0.2) is 0 Å². The number of benzene rings is 1. The number of carbonyl (C=O) groups excluding carboxylic acids is 1. The molecule has 9 heteroatoms. The largest absolute Gasteiger partial charge is 0.399 e. The Morgan fingerprint density at radius 3 is 2.37 bits per heavy atom. The molecule has 1 aromatic carbocycles. The smallest absolute Gasteiger partial charge is 0.243 e. The molecule has 104 valence electrons. The molecule has 0 bridgehead atoms. The molecule has 1 atom stereocenters. The molecular weight excluding hydrogens is 402 g/mol. The van der Waals surface area contributed by atoms with Crippen LogP contribution in [-0.2, 0) is 14.8 Å². The van der Waals surface area contributed by atoms with Crippen LogP contribution in [0.3, 0.4) is 0 Å². The van der Waals surface area contributed by atoms with Crippen molar-refractivity contribution in [2.75, 3.05) is 12.3 Å². The van der Waals surface area contributed by atoms with Crippen LogP contribution in [0.1, 0.15) is 6.42 Å². The third kappa shape index (κ3) is 3.28. The van der Waals surface area contributed by atoms with E-state index < -0.39 is 16.1 Å². The number of carbonyl (C=O) groups is 1. The fraction of sp³-hybridized carbons (Fsp3) is 0.300. The number of hydrogen-bond donors (Lipinski definition) is 3. The first-order chi connectivity index (χ1) is 8.79. The van der Waals surface area contributed by atoms with Crippen molar-refractivity contribution in [2.45, 2.75) is 17.4 Å². The number of hydrogen-bond acceptors (Lipinski definition) is 4. The maximum Gasteiger partial charge on any atom is 0.243 e. The second kappa shape index (κ2) is 5.39. The predicted molar refractivity (Wildman–Crippen MR) is 78.0 cm³/mol. The molecule has 1 aliphatic heterocycles. The molecule has 19 heavy (non-hydrogen) atoms. The van der Waals surface area contributed by atoms with Crippen molar-refractivity contribution in [1.29, 1.82) is 0 Å². The van der Waals surface area contributed by atoms with E-state index in [1.54, 1.807) is 0 Å². The van der Waals surface area contributed by atoms with Crippen molar-refractivity contribution in [1.82, 2.24) is 10.0 Å². The standard InChI is InChI=1S/C10H11Br2N3O3S/c11-7-1-5(13)2-8(12)10(7)19(17,18)15-6-3-9(16)14-4-6/h1-2,6,15H,3-4,13H2,(H,14,16). The zero-order valence-corrected chi connectivity index (χ0v) is 13.6. The van der Waals surface area contributed by atoms with Crippen LogP contribution < -0.4 is 15.8 Å². The molecule has 0 saturated carbocycles. The number of nitrogens with one attached hydrogen (secondary N) is 2. The van der Waals surface area contributed by atoms with Gasteiger partial charge in [-0.3, -0.25) is 4.79 Å². The van der Waals surface area contributed by atoms with Gasteiger partial charge in [-0.2, -0.15) is 0 Å². The van der Waals surface area contributed by atoms with Crippen molar-refractivity contribution in [3.63, 3.8) is 0 Å². The lowest BCUT2D eigenvalue weighted by Crippen LogP contribution is -2.36. The normalized spacial score (nSPS) is 19.5. The first kappa shape index (κ1) is 14.8. The van der Waals surface area contributed by atoms with Gasteiger partial charge in [0.2, 0.25) is 15.9 Å². The lowest BCUT2D eigenvalue weighted by molar-refractivity contribution is -0.119. The summed E-state index contributed by atoms with van der Waals surface area (Å²) in [4.78, 5) is 11.1. The number of halogens is 2. The van der Waals surface area contributed by atoms with Gasteiger partial charge < -0.3 is 11.1 Å². The molecule has 1 aromatic rings. The topological polar surface area (TPSA) is 101 Å². The molecule has 0 aliphatic carbocycles. The highest BCUT2D eigenvalue weighted by Crippen LogP contribution is 2.32. The Morgan fingerprint density at radius 1 is 1.32 bits per heavy atom. The Morgan fingerprint density at radius 2 is 1.89 bits per heavy atom. The van der Waals surface area contributed by atoms with Gasteiger partial charge in [-0.15, -0.1) is 0 Å². The van der Waals surface area contributed by atoms with Gasteiger partial charge >= 0.3 is 0 Å². The van der Waals surface area contributed by atoms with Gasteiger partial charge in [0, 0.05) is 33.6 Å². The summed E-state index contributed by atoms with van der Waals surface area (Å²) < 4.78 is 27.8. The molecule has 1 amide bonds. The fourth-order valence-electron chi connectivity index (χ4n) is 1.80. The lowest BCUT2D eigenvalue weighted by Gasteiger charge is -2.14. The van der Waals surface area contributed by atoms with E-state index in [1.165, 1.54) is 12.1 Å². The van der Waals surface area contributed by atoms with Crippen LogP contribution in [0, 0.1) is 0 Å². The van der Waals surface area contributed by atoms with Crippen molar-refractivity contribution in [3.05, 3.63) is 21.1 Å². The third-order valence-electron chi connectivity index (χ3n) is 2.59. The maximum absolute atomic E-state index is 12.3. The molecule has 1 saturated heterocycles. The minimum atomic E-state index is -3.74. The fourth-order valence-corrected chi connectivity index (χ4v) is 5.66. The zero-order chi connectivity index (χ0) is 14.2. The highest BCUT2D eigenvalue weighted by Gasteiger charge is 2.29. The van der Waals surface area contributed by atoms with E-state index >= 15 is 0 Å².